The highest BCUT2D eigenvalue weighted by atomic mass is 16.7. The number of allylic oxidation sites excluding steroid dienone is 1. The molecule has 3 aliphatic rings. The van der Waals surface area contributed by atoms with E-state index in [9.17, 15) is 45.6 Å². The van der Waals surface area contributed by atoms with Crippen molar-refractivity contribution in [1.82, 2.24) is 0 Å². The van der Waals surface area contributed by atoms with Crippen molar-refractivity contribution in [1.29, 1.82) is 0 Å². The third kappa shape index (κ3) is 6.97. The van der Waals surface area contributed by atoms with E-state index in [0.717, 1.165) is 0 Å². The zero-order valence-corrected chi connectivity index (χ0v) is 21.9. The van der Waals surface area contributed by atoms with Crippen molar-refractivity contribution in [2.45, 2.75) is 108 Å². The fourth-order valence-corrected chi connectivity index (χ4v) is 5.42. The van der Waals surface area contributed by atoms with Crippen LogP contribution in [0.15, 0.2) is 11.6 Å². The predicted octanol–water partition coefficient (Wildman–Crippen LogP) is -2.67. The number of carbonyl (C=O) groups excluding carboxylic acids is 1. The minimum absolute atomic E-state index is 0.0251. The maximum absolute atomic E-state index is 12.0. The van der Waals surface area contributed by atoms with Crippen molar-refractivity contribution >= 4 is 5.78 Å². The van der Waals surface area contributed by atoms with E-state index < -0.39 is 80.7 Å². The monoisotopic (exact) mass is 550 g/mol. The fraction of sp³-hybridized carbons (Fsp3) is 0.880. The van der Waals surface area contributed by atoms with Crippen LogP contribution in [0.25, 0.3) is 0 Å². The van der Waals surface area contributed by atoms with Gasteiger partial charge in [0.1, 0.15) is 48.8 Å². The summed E-state index contributed by atoms with van der Waals surface area (Å²) in [4.78, 5) is 12.0. The second-order valence-electron chi connectivity index (χ2n) is 11.1. The Labute approximate surface area is 221 Å². The van der Waals surface area contributed by atoms with Crippen LogP contribution in [0.5, 0.6) is 0 Å². The Balaban J connectivity index is 1.58. The molecule has 0 bridgehead atoms. The van der Waals surface area contributed by atoms with Gasteiger partial charge in [-0.05, 0) is 42.7 Å². The van der Waals surface area contributed by atoms with Crippen molar-refractivity contribution in [3.8, 4) is 0 Å². The first kappa shape index (κ1) is 31.5. The van der Waals surface area contributed by atoms with Gasteiger partial charge in [-0.25, -0.2) is 0 Å². The summed E-state index contributed by atoms with van der Waals surface area (Å²) in [6, 6.07) is 0. The molecular formula is C25H42O13. The van der Waals surface area contributed by atoms with E-state index in [-0.39, 0.29) is 23.7 Å². The van der Waals surface area contributed by atoms with Crippen molar-refractivity contribution < 1.29 is 64.6 Å². The van der Waals surface area contributed by atoms with Crippen molar-refractivity contribution in [2.24, 2.45) is 11.3 Å². The lowest BCUT2D eigenvalue weighted by Crippen LogP contribution is -2.62. The Morgan fingerprint density at radius 1 is 0.921 bits per heavy atom. The number of ketones is 1. The van der Waals surface area contributed by atoms with Crippen LogP contribution in [0.4, 0.5) is 0 Å². The molecule has 13 nitrogen and oxygen atoms in total. The van der Waals surface area contributed by atoms with Gasteiger partial charge < -0.3 is 59.8 Å². The highest BCUT2D eigenvalue weighted by Gasteiger charge is 2.48. The summed E-state index contributed by atoms with van der Waals surface area (Å²) < 4.78 is 22.2. The second-order valence-corrected chi connectivity index (χ2v) is 11.1. The smallest absolute Gasteiger partial charge is 0.186 e. The third-order valence-corrected chi connectivity index (χ3v) is 7.72. The van der Waals surface area contributed by atoms with Gasteiger partial charge in [-0.3, -0.25) is 4.79 Å². The van der Waals surface area contributed by atoms with Crippen molar-refractivity contribution in [2.75, 3.05) is 19.8 Å². The molecule has 0 saturated carbocycles. The average Bonchev–Trinajstić information content (AvgIpc) is 2.86. The van der Waals surface area contributed by atoms with E-state index in [1.165, 1.54) is 6.08 Å². The van der Waals surface area contributed by atoms with Crippen LogP contribution >= 0.6 is 0 Å². The van der Waals surface area contributed by atoms with Crippen molar-refractivity contribution in [3.63, 3.8) is 0 Å². The summed E-state index contributed by atoms with van der Waals surface area (Å²) in [5.74, 6) is -0.0802. The molecule has 3 rings (SSSR count). The van der Waals surface area contributed by atoms with Gasteiger partial charge in [-0.2, -0.15) is 0 Å². The van der Waals surface area contributed by atoms with Crippen LogP contribution in [-0.2, 0) is 23.7 Å². The maximum atomic E-state index is 12.0. The number of hydrogen-bond donors (Lipinski definition) is 8. The van der Waals surface area contributed by atoms with E-state index in [4.69, 9.17) is 18.9 Å². The largest absolute Gasteiger partial charge is 0.394 e. The van der Waals surface area contributed by atoms with E-state index >= 15 is 0 Å². The molecule has 12 atom stereocenters. The Morgan fingerprint density at radius 3 is 2.11 bits per heavy atom. The highest BCUT2D eigenvalue weighted by Crippen LogP contribution is 2.42. The van der Waals surface area contributed by atoms with Gasteiger partial charge in [0.2, 0.25) is 0 Å². The molecule has 2 aliphatic heterocycles. The molecule has 2 heterocycles. The second kappa shape index (κ2) is 13.1. The van der Waals surface area contributed by atoms with Gasteiger partial charge in [-0.1, -0.05) is 13.8 Å². The fourth-order valence-electron chi connectivity index (χ4n) is 5.42. The number of ether oxygens (including phenoxy) is 4. The van der Waals surface area contributed by atoms with Crippen molar-refractivity contribution in [3.05, 3.63) is 11.6 Å². The van der Waals surface area contributed by atoms with E-state index in [2.05, 4.69) is 0 Å². The zero-order chi connectivity index (χ0) is 28.4. The Hall–Kier alpha value is -1.07. The molecule has 2 fully saturated rings. The number of rotatable bonds is 10. The van der Waals surface area contributed by atoms with Crippen LogP contribution in [-0.4, -0.2) is 134 Å². The quantitative estimate of drug-likeness (QED) is 0.139. The van der Waals surface area contributed by atoms with Crippen LogP contribution in [0.2, 0.25) is 0 Å². The summed E-state index contributed by atoms with van der Waals surface area (Å²) in [5.41, 5.74) is 0.314. The van der Waals surface area contributed by atoms with E-state index in [1.54, 1.807) is 6.92 Å². The molecule has 1 aliphatic carbocycles. The standard InChI is InChI=1S/C25H42O13/c1-11(4-5-14-12(8-26)6-13(28)7-25(14,2)3)36-24-22(34)20(32)18(30)16(38-24)10-35-23-21(33)19(31)17(29)15(9-27)37-23/h6,11,14-24,26-27,29-34H,4-5,7-10H2,1-3H3/t11-,14-,15-,16-,17-,18-,19+,20+,21-,22-,23-,24-/m1/s1. The van der Waals surface area contributed by atoms with Gasteiger partial charge >= 0.3 is 0 Å². The molecule has 0 aromatic heterocycles. The first-order valence-electron chi connectivity index (χ1n) is 12.9. The lowest BCUT2D eigenvalue weighted by Gasteiger charge is -2.43. The minimum atomic E-state index is -1.66. The van der Waals surface area contributed by atoms with Crippen LogP contribution in [0, 0.1) is 11.3 Å². The molecule has 2 saturated heterocycles. The predicted molar refractivity (Wildman–Crippen MR) is 128 cm³/mol. The van der Waals surface area contributed by atoms with Gasteiger partial charge in [0.05, 0.1) is 25.9 Å². The highest BCUT2D eigenvalue weighted by molar-refractivity contribution is 5.92. The van der Waals surface area contributed by atoms with Gasteiger partial charge in [-0.15, -0.1) is 0 Å². The summed E-state index contributed by atoms with van der Waals surface area (Å²) >= 11 is 0. The molecule has 0 spiro atoms. The molecule has 8 N–H and O–H groups in total. The third-order valence-electron chi connectivity index (χ3n) is 7.72. The summed E-state index contributed by atoms with van der Waals surface area (Å²) in [7, 11) is 0. The average molecular weight is 551 g/mol. The molecule has 0 radical (unpaired) electrons. The number of aliphatic hydroxyl groups is 8. The molecular weight excluding hydrogens is 508 g/mol. The molecule has 0 aromatic carbocycles. The molecule has 0 unspecified atom stereocenters. The zero-order valence-electron chi connectivity index (χ0n) is 21.9. The summed E-state index contributed by atoms with van der Waals surface area (Å²) in [6.07, 6.45) is -12.4. The Morgan fingerprint density at radius 2 is 1.50 bits per heavy atom. The number of carbonyl (C=O) groups is 1. The SMILES string of the molecule is C[C@H](CC[C@@H]1C(CO)=CC(=O)CC1(C)C)O[C@@H]1O[C@H](CO[C@@H]2O[C@H](CO)[C@@H](O)[C@H](O)[C@H]2O)[C@@H](O)[C@H](O)[C@H]1O. The van der Waals surface area contributed by atoms with E-state index in [1.807, 2.05) is 13.8 Å². The van der Waals surface area contributed by atoms with Gasteiger partial charge in [0, 0.05) is 6.42 Å². The minimum Gasteiger partial charge on any atom is -0.394 e. The normalized spacial score (nSPS) is 42.6. The molecule has 38 heavy (non-hydrogen) atoms. The first-order chi connectivity index (χ1) is 17.8. The van der Waals surface area contributed by atoms with Crippen LogP contribution in [0.1, 0.15) is 40.0 Å². The topological polar surface area (TPSA) is 216 Å². The number of aliphatic hydroxyl groups excluding tert-OH is 8. The molecule has 0 aromatic rings. The summed E-state index contributed by atoms with van der Waals surface area (Å²) in [5, 5.41) is 80.2. The van der Waals surface area contributed by atoms with E-state index in [0.29, 0.717) is 24.8 Å². The van der Waals surface area contributed by atoms with Crippen LogP contribution in [0.3, 0.4) is 0 Å². The lowest BCUT2D eigenvalue weighted by atomic mass is 9.66. The van der Waals surface area contributed by atoms with Crippen LogP contribution < -0.4 is 0 Å². The Kier molecular flexibility index (Phi) is 10.8. The summed E-state index contributed by atoms with van der Waals surface area (Å²) in [6.45, 7) is 4.37. The number of hydrogen-bond acceptors (Lipinski definition) is 13. The molecule has 13 heteroatoms. The maximum Gasteiger partial charge on any atom is 0.186 e. The molecule has 0 amide bonds. The Bertz CT molecular complexity index is 817. The van der Waals surface area contributed by atoms with Gasteiger partial charge in [0.15, 0.2) is 18.4 Å². The van der Waals surface area contributed by atoms with Gasteiger partial charge in [0.25, 0.3) is 0 Å². The molecule has 220 valence electrons. The lowest BCUT2D eigenvalue weighted by molar-refractivity contribution is -0.335. The first-order valence-corrected chi connectivity index (χ1v) is 12.9.